The Balaban J connectivity index is 1.49. The molecule has 3 rings (SSSR count). The van der Waals surface area contributed by atoms with E-state index in [0.717, 1.165) is 18.1 Å². The van der Waals surface area contributed by atoms with Gasteiger partial charge in [0.05, 0.1) is 13.2 Å². The molecule has 0 bridgehead atoms. The van der Waals surface area contributed by atoms with Crippen molar-refractivity contribution >= 4 is 6.03 Å². The highest BCUT2D eigenvalue weighted by Crippen LogP contribution is 2.23. The van der Waals surface area contributed by atoms with Gasteiger partial charge in [-0.15, -0.1) is 0 Å². The monoisotopic (exact) mass is 303 g/mol. The number of aryl methyl sites for hydroxylation is 1. The zero-order chi connectivity index (χ0) is 15.4. The van der Waals surface area contributed by atoms with Crippen LogP contribution in [0.4, 0.5) is 4.79 Å². The molecule has 2 amide bonds. The average molecular weight is 303 g/mol. The Morgan fingerprint density at radius 3 is 2.91 bits per heavy atom. The molecular formula is C16H21N3O3. The maximum atomic E-state index is 12.2. The molecule has 6 nitrogen and oxygen atoms in total. The summed E-state index contributed by atoms with van der Waals surface area (Å²) in [7, 11) is 0. The largest absolute Gasteiger partial charge is 0.464 e. The average Bonchev–Trinajstić information content (AvgIpc) is 3.19. The summed E-state index contributed by atoms with van der Waals surface area (Å²) in [5.74, 6) is 1.63. The van der Waals surface area contributed by atoms with Gasteiger partial charge in [0, 0.05) is 32.0 Å². The number of urea groups is 1. The predicted molar refractivity (Wildman–Crippen MR) is 81.5 cm³/mol. The maximum Gasteiger partial charge on any atom is 0.317 e. The highest BCUT2D eigenvalue weighted by atomic mass is 16.5. The van der Waals surface area contributed by atoms with Gasteiger partial charge in [-0.25, -0.2) is 4.79 Å². The molecule has 0 aliphatic carbocycles. The minimum Gasteiger partial charge on any atom is -0.464 e. The number of morpholine rings is 1. The maximum absolute atomic E-state index is 12.2. The Morgan fingerprint density at radius 1 is 1.36 bits per heavy atom. The van der Waals surface area contributed by atoms with Crippen LogP contribution in [0.5, 0.6) is 0 Å². The van der Waals surface area contributed by atoms with Crippen molar-refractivity contribution in [1.29, 1.82) is 0 Å². The number of hydrogen-bond donors (Lipinski definition) is 1. The molecule has 2 aromatic heterocycles. The Morgan fingerprint density at radius 2 is 2.18 bits per heavy atom. The van der Waals surface area contributed by atoms with Crippen molar-refractivity contribution in [3.8, 4) is 0 Å². The Kier molecular flexibility index (Phi) is 4.48. The number of ether oxygens (including phenoxy) is 1. The van der Waals surface area contributed by atoms with Crippen molar-refractivity contribution in [2.45, 2.75) is 19.6 Å². The smallest absolute Gasteiger partial charge is 0.317 e. The zero-order valence-corrected chi connectivity index (χ0v) is 12.7. The van der Waals surface area contributed by atoms with E-state index in [-0.39, 0.29) is 12.1 Å². The summed E-state index contributed by atoms with van der Waals surface area (Å²) in [6.45, 7) is 4.92. The van der Waals surface area contributed by atoms with E-state index in [1.807, 2.05) is 48.1 Å². The van der Waals surface area contributed by atoms with Crippen LogP contribution in [0.1, 0.15) is 17.6 Å². The molecule has 0 radical (unpaired) electrons. The van der Waals surface area contributed by atoms with E-state index in [1.165, 1.54) is 0 Å². The van der Waals surface area contributed by atoms with Gasteiger partial charge in [-0.05, 0) is 31.2 Å². The number of amides is 2. The van der Waals surface area contributed by atoms with Crippen LogP contribution in [0.3, 0.4) is 0 Å². The summed E-state index contributed by atoms with van der Waals surface area (Å²) >= 11 is 0. The first kappa shape index (κ1) is 14.7. The normalized spacial score (nSPS) is 18.4. The summed E-state index contributed by atoms with van der Waals surface area (Å²) in [6.07, 6.45) is 3.78. The third kappa shape index (κ3) is 3.51. The number of nitrogens with zero attached hydrogens (tertiary/aromatic N) is 2. The van der Waals surface area contributed by atoms with Gasteiger partial charge >= 0.3 is 6.03 Å². The van der Waals surface area contributed by atoms with Crippen LogP contribution >= 0.6 is 0 Å². The highest BCUT2D eigenvalue weighted by molar-refractivity contribution is 5.74. The molecule has 22 heavy (non-hydrogen) atoms. The van der Waals surface area contributed by atoms with E-state index in [1.54, 1.807) is 4.90 Å². The van der Waals surface area contributed by atoms with Crippen LogP contribution in [0.25, 0.3) is 0 Å². The third-order valence-corrected chi connectivity index (χ3v) is 3.74. The number of aromatic nitrogens is 1. The van der Waals surface area contributed by atoms with Crippen LogP contribution in [-0.2, 0) is 11.3 Å². The van der Waals surface area contributed by atoms with Crippen LogP contribution in [0, 0.1) is 6.92 Å². The molecular weight excluding hydrogens is 282 g/mol. The standard InChI is InChI=1S/C16H21N3O3/c1-13-4-5-14(22-13)15-12-19(10-11-21-15)16(20)17-6-9-18-7-2-3-8-18/h2-5,7-8,15H,6,9-12H2,1H3,(H,17,20). The van der Waals surface area contributed by atoms with Crippen LogP contribution in [-0.4, -0.2) is 41.7 Å². The fraction of sp³-hybridized carbons (Fsp3) is 0.438. The van der Waals surface area contributed by atoms with Crippen LogP contribution in [0.2, 0.25) is 0 Å². The molecule has 1 saturated heterocycles. The third-order valence-electron chi connectivity index (χ3n) is 3.74. The predicted octanol–water partition coefficient (Wildman–Crippen LogP) is 2.17. The SMILES string of the molecule is Cc1ccc(C2CN(C(=O)NCCn3cccc3)CCO2)o1. The molecule has 118 valence electrons. The van der Waals surface area contributed by atoms with Crippen molar-refractivity contribution in [2.24, 2.45) is 0 Å². The molecule has 6 heteroatoms. The molecule has 1 aliphatic rings. The lowest BCUT2D eigenvalue weighted by molar-refractivity contribution is -0.0263. The minimum atomic E-state index is -0.183. The lowest BCUT2D eigenvalue weighted by atomic mass is 10.2. The summed E-state index contributed by atoms with van der Waals surface area (Å²) in [5.41, 5.74) is 0. The Bertz CT molecular complexity index is 606. The molecule has 1 atom stereocenters. The number of furan rings is 1. The number of rotatable bonds is 4. The summed E-state index contributed by atoms with van der Waals surface area (Å²) in [5, 5.41) is 2.95. The van der Waals surface area contributed by atoms with Gasteiger partial charge < -0.3 is 23.9 Å². The van der Waals surface area contributed by atoms with Gasteiger partial charge in [-0.2, -0.15) is 0 Å². The molecule has 2 aromatic rings. The van der Waals surface area contributed by atoms with E-state index in [4.69, 9.17) is 9.15 Å². The molecule has 0 saturated carbocycles. The number of carbonyl (C=O) groups is 1. The topological polar surface area (TPSA) is 59.6 Å². The lowest BCUT2D eigenvalue weighted by Gasteiger charge is -2.32. The Labute approximate surface area is 129 Å². The van der Waals surface area contributed by atoms with Crippen LogP contribution in [0.15, 0.2) is 41.1 Å². The fourth-order valence-electron chi connectivity index (χ4n) is 2.56. The van der Waals surface area contributed by atoms with E-state index in [2.05, 4.69) is 5.32 Å². The first-order chi connectivity index (χ1) is 10.7. The van der Waals surface area contributed by atoms with Crippen molar-refractivity contribution in [3.05, 3.63) is 48.2 Å². The first-order valence-electron chi connectivity index (χ1n) is 7.54. The number of nitrogens with one attached hydrogen (secondary N) is 1. The zero-order valence-electron chi connectivity index (χ0n) is 12.7. The van der Waals surface area contributed by atoms with Gasteiger partial charge in [0.15, 0.2) is 0 Å². The van der Waals surface area contributed by atoms with Gasteiger partial charge in [0.1, 0.15) is 17.6 Å². The highest BCUT2D eigenvalue weighted by Gasteiger charge is 2.27. The molecule has 1 unspecified atom stereocenters. The van der Waals surface area contributed by atoms with E-state index in [9.17, 15) is 4.79 Å². The quantitative estimate of drug-likeness (QED) is 0.941. The van der Waals surface area contributed by atoms with Gasteiger partial charge in [-0.3, -0.25) is 0 Å². The van der Waals surface area contributed by atoms with Crippen LogP contribution < -0.4 is 5.32 Å². The molecule has 0 spiro atoms. The second kappa shape index (κ2) is 6.70. The van der Waals surface area contributed by atoms with Crippen molar-refractivity contribution in [3.63, 3.8) is 0 Å². The first-order valence-corrected chi connectivity index (χ1v) is 7.54. The fourth-order valence-corrected chi connectivity index (χ4v) is 2.56. The number of hydrogen-bond acceptors (Lipinski definition) is 3. The number of carbonyl (C=O) groups excluding carboxylic acids is 1. The summed E-state index contributed by atoms with van der Waals surface area (Å²) in [6, 6.07) is 7.71. The molecule has 1 N–H and O–H groups in total. The summed E-state index contributed by atoms with van der Waals surface area (Å²) < 4.78 is 13.3. The lowest BCUT2D eigenvalue weighted by Crippen LogP contribution is -2.47. The van der Waals surface area contributed by atoms with Crippen molar-refractivity contribution < 1.29 is 13.9 Å². The minimum absolute atomic E-state index is 0.0521. The van der Waals surface area contributed by atoms with E-state index < -0.39 is 0 Å². The molecule has 3 heterocycles. The van der Waals surface area contributed by atoms with Crippen molar-refractivity contribution in [1.82, 2.24) is 14.8 Å². The van der Waals surface area contributed by atoms with Gasteiger partial charge in [0.25, 0.3) is 0 Å². The van der Waals surface area contributed by atoms with E-state index >= 15 is 0 Å². The second-order valence-electron chi connectivity index (χ2n) is 5.41. The Hall–Kier alpha value is -2.21. The second-order valence-corrected chi connectivity index (χ2v) is 5.41. The van der Waals surface area contributed by atoms with Gasteiger partial charge in [0.2, 0.25) is 0 Å². The van der Waals surface area contributed by atoms with Crippen molar-refractivity contribution in [2.75, 3.05) is 26.2 Å². The molecule has 1 fully saturated rings. The summed E-state index contributed by atoms with van der Waals surface area (Å²) in [4.78, 5) is 14.0. The van der Waals surface area contributed by atoms with Gasteiger partial charge in [-0.1, -0.05) is 0 Å². The molecule has 0 aromatic carbocycles. The molecule has 1 aliphatic heterocycles. The van der Waals surface area contributed by atoms with E-state index in [0.29, 0.717) is 26.2 Å².